The van der Waals surface area contributed by atoms with E-state index in [0.29, 0.717) is 32.9 Å². The Morgan fingerprint density at radius 1 is 0.975 bits per heavy atom. The van der Waals surface area contributed by atoms with E-state index < -0.39 is 23.7 Å². The van der Waals surface area contributed by atoms with Gasteiger partial charge in [-0.1, -0.05) is 23.2 Å². The van der Waals surface area contributed by atoms with Crippen molar-refractivity contribution < 1.29 is 33.1 Å². The quantitative estimate of drug-likeness (QED) is 0.234. The second kappa shape index (κ2) is 12.1. The van der Waals surface area contributed by atoms with Gasteiger partial charge in [0.05, 0.1) is 31.9 Å². The largest absolute Gasteiger partial charge is 0.497 e. The lowest BCUT2D eigenvalue weighted by Crippen LogP contribution is -2.34. The van der Waals surface area contributed by atoms with Crippen molar-refractivity contribution in [1.82, 2.24) is 5.32 Å². The molecule has 40 heavy (non-hydrogen) atoms. The van der Waals surface area contributed by atoms with Crippen LogP contribution in [0, 0.1) is 0 Å². The number of allylic oxidation sites excluding steroid dienone is 1. The van der Waals surface area contributed by atoms with Gasteiger partial charge in [0.2, 0.25) is 0 Å². The second-order valence-corrected chi connectivity index (χ2v) is 9.32. The zero-order valence-corrected chi connectivity index (χ0v) is 23.1. The van der Waals surface area contributed by atoms with E-state index >= 15 is 0 Å². The van der Waals surface area contributed by atoms with Gasteiger partial charge in [0.1, 0.15) is 17.3 Å². The fourth-order valence-electron chi connectivity index (χ4n) is 3.99. The second-order valence-electron chi connectivity index (χ2n) is 8.45. The molecule has 1 aliphatic rings. The van der Waals surface area contributed by atoms with E-state index in [2.05, 4.69) is 10.6 Å². The maximum Gasteiger partial charge on any atom is 0.340 e. The van der Waals surface area contributed by atoms with E-state index in [1.54, 1.807) is 43.3 Å². The summed E-state index contributed by atoms with van der Waals surface area (Å²) in [6, 6.07) is 14.3. The molecule has 0 fully saturated rings. The summed E-state index contributed by atoms with van der Waals surface area (Å²) in [4.78, 5) is 51.9. The van der Waals surface area contributed by atoms with Crippen molar-refractivity contribution in [3.63, 3.8) is 0 Å². The Morgan fingerprint density at radius 2 is 1.65 bits per heavy atom. The molecule has 206 valence electrons. The molecule has 0 saturated heterocycles. The number of esters is 1. The number of carbonyl (C=O) groups excluding carboxylic acids is 4. The van der Waals surface area contributed by atoms with Crippen molar-refractivity contribution in [1.29, 1.82) is 0 Å². The number of nitrogens with one attached hydrogen (secondary N) is 2. The van der Waals surface area contributed by atoms with Gasteiger partial charge in [0, 0.05) is 27.1 Å². The van der Waals surface area contributed by atoms with E-state index in [1.165, 1.54) is 43.4 Å². The predicted octanol–water partition coefficient (Wildman–Crippen LogP) is 4.73. The Kier molecular flexibility index (Phi) is 8.61. The number of methoxy groups -OCH3 is 2. The summed E-state index contributed by atoms with van der Waals surface area (Å²) in [5, 5.41) is 5.45. The number of hydrogen-bond donors (Lipinski definition) is 2. The molecule has 0 atom stereocenters. The minimum Gasteiger partial charge on any atom is -0.497 e. The van der Waals surface area contributed by atoms with E-state index in [0.717, 1.165) is 0 Å². The molecular formula is C28H23Cl2N3O7. The number of carbonyl (C=O) groups is 4. The molecule has 0 bridgehead atoms. The molecule has 2 N–H and O–H groups in total. The minimum atomic E-state index is -0.925. The molecule has 1 aromatic heterocycles. The van der Waals surface area contributed by atoms with Gasteiger partial charge in [-0.25, -0.2) is 4.79 Å². The molecule has 2 aromatic carbocycles. The van der Waals surface area contributed by atoms with Crippen LogP contribution in [0.1, 0.15) is 18.4 Å². The van der Waals surface area contributed by atoms with Crippen LogP contribution in [-0.4, -0.2) is 37.9 Å². The Bertz CT molecular complexity index is 1540. The number of nitrogens with zero attached hydrogens (tertiary/aromatic N) is 1. The van der Waals surface area contributed by atoms with Gasteiger partial charge in [0.25, 0.3) is 5.91 Å². The van der Waals surface area contributed by atoms with E-state index in [1.807, 2.05) is 0 Å². The summed E-state index contributed by atoms with van der Waals surface area (Å²) >= 11 is 11.8. The van der Waals surface area contributed by atoms with Crippen LogP contribution in [0.15, 0.2) is 75.9 Å². The lowest BCUT2D eigenvalue weighted by molar-refractivity contribution is -0.136. The summed E-state index contributed by atoms with van der Waals surface area (Å²) in [5.74, 6) is -1.81. The Hall–Kier alpha value is -4.54. The molecule has 0 unspecified atom stereocenters. The number of anilines is 2. The van der Waals surface area contributed by atoms with Gasteiger partial charge >= 0.3 is 17.8 Å². The average Bonchev–Trinajstić information content (AvgIpc) is 3.47. The number of halogens is 2. The van der Waals surface area contributed by atoms with Gasteiger partial charge in [0.15, 0.2) is 0 Å². The Morgan fingerprint density at radius 3 is 2.27 bits per heavy atom. The fraction of sp³-hybridized carbons (Fsp3) is 0.143. The first kappa shape index (κ1) is 28.5. The molecule has 10 nitrogen and oxygen atoms in total. The average molecular weight is 584 g/mol. The van der Waals surface area contributed by atoms with Crippen molar-refractivity contribution in [2.24, 2.45) is 0 Å². The summed E-state index contributed by atoms with van der Waals surface area (Å²) in [6.07, 6.45) is 1.42. The topological polar surface area (TPSA) is 127 Å². The van der Waals surface area contributed by atoms with E-state index in [-0.39, 0.29) is 29.1 Å². The van der Waals surface area contributed by atoms with E-state index in [4.69, 9.17) is 37.1 Å². The van der Waals surface area contributed by atoms with Gasteiger partial charge < -0.3 is 24.5 Å². The SMILES string of the molecule is COC(=O)C1=C(C)N(c2ccc(OC)cc2)C(=O)/C1=C/c1ccc(CNC(=O)C(=O)Nc2cc(Cl)cc(Cl)c2)o1. The van der Waals surface area contributed by atoms with Crippen LogP contribution in [0.3, 0.4) is 0 Å². The Balaban J connectivity index is 1.48. The van der Waals surface area contributed by atoms with Crippen molar-refractivity contribution in [3.8, 4) is 5.75 Å². The van der Waals surface area contributed by atoms with Crippen molar-refractivity contribution >= 4 is 64.3 Å². The Labute approximate surface area is 239 Å². The molecule has 3 aromatic rings. The van der Waals surface area contributed by atoms with Crippen molar-refractivity contribution in [2.75, 3.05) is 24.4 Å². The van der Waals surface area contributed by atoms with Crippen molar-refractivity contribution in [2.45, 2.75) is 13.5 Å². The summed E-state index contributed by atoms with van der Waals surface area (Å²) < 4.78 is 15.8. The molecule has 0 radical (unpaired) electrons. The first-order chi connectivity index (χ1) is 19.1. The molecule has 2 heterocycles. The highest BCUT2D eigenvalue weighted by Gasteiger charge is 2.38. The number of ether oxygens (including phenoxy) is 2. The third-order valence-electron chi connectivity index (χ3n) is 5.84. The van der Waals surface area contributed by atoms with Crippen LogP contribution in [0.25, 0.3) is 6.08 Å². The highest BCUT2D eigenvalue weighted by Crippen LogP contribution is 2.36. The van der Waals surface area contributed by atoms with E-state index in [9.17, 15) is 19.2 Å². The normalized spacial score (nSPS) is 14.0. The number of hydrogen-bond acceptors (Lipinski definition) is 7. The van der Waals surface area contributed by atoms with Crippen molar-refractivity contribution in [3.05, 3.63) is 93.0 Å². The molecule has 0 saturated carbocycles. The molecule has 12 heteroatoms. The molecule has 4 rings (SSSR count). The van der Waals surface area contributed by atoms with Gasteiger partial charge in [-0.15, -0.1) is 0 Å². The summed E-state index contributed by atoms with van der Waals surface area (Å²) in [7, 11) is 2.76. The van der Waals surface area contributed by atoms with Gasteiger partial charge in [-0.05, 0) is 67.6 Å². The maximum atomic E-state index is 13.4. The lowest BCUT2D eigenvalue weighted by atomic mass is 10.1. The molecule has 0 spiro atoms. The molecule has 3 amide bonds. The number of rotatable bonds is 7. The lowest BCUT2D eigenvalue weighted by Gasteiger charge is -2.18. The zero-order valence-electron chi connectivity index (χ0n) is 21.5. The van der Waals surface area contributed by atoms with Crippen LogP contribution in [0.2, 0.25) is 10.0 Å². The number of furan rings is 1. The number of benzene rings is 2. The first-order valence-electron chi connectivity index (χ1n) is 11.7. The third-order valence-corrected chi connectivity index (χ3v) is 6.28. The smallest absolute Gasteiger partial charge is 0.340 e. The minimum absolute atomic E-state index is 0.0738. The van der Waals surface area contributed by atoms with Crippen LogP contribution < -0.4 is 20.3 Å². The fourth-order valence-corrected chi connectivity index (χ4v) is 4.52. The highest BCUT2D eigenvalue weighted by atomic mass is 35.5. The molecular weight excluding hydrogens is 561 g/mol. The van der Waals surface area contributed by atoms with Gasteiger partial charge in [-0.3, -0.25) is 19.3 Å². The van der Waals surface area contributed by atoms with Gasteiger partial charge in [-0.2, -0.15) is 0 Å². The highest BCUT2D eigenvalue weighted by molar-refractivity contribution is 6.40. The van der Waals surface area contributed by atoms with Crippen LogP contribution in [0.4, 0.5) is 11.4 Å². The number of amides is 3. The molecule has 0 aliphatic carbocycles. The third kappa shape index (κ3) is 6.19. The summed E-state index contributed by atoms with van der Waals surface area (Å²) in [5.41, 5.74) is 1.35. The maximum absolute atomic E-state index is 13.4. The first-order valence-corrected chi connectivity index (χ1v) is 12.5. The predicted molar refractivity (Wildman–Crippen MR) is 149 cm³/mol. The molecule has 1 aliphatic heterocycles. The zero-order chi connectivity index (χ0) is 29.0. The summed E-state index contributed by atoms with van der Waals surface area (Å²) in [6.45, 7) is 1.52. The standard InChI is InChI=1S/C28H23Cl2N3O7/c1-15-24(28(37)39-3)23(27(36)33(15)19-4-6-20(38-2)7-5-19)13-21-8-9-22(40-21)14-31-25(34)26(35)32-18-11-16(29)10-17(30)12-18/h4-13H,14H2,1-3H3,(H,31,34)(H,32,35)/b23-13+. The monoisotopic (exact) mass is 583 g/mol. The van der Waals surface area contributed by atoms with Crippen LogP contribution >= 0.6 is 23.2 Å². The van der Waals surface area contributed by atoms with Crippen LogP contribution in [0.5, 0.6) is 5.75 Å². The van der Waals surface area contributed by atoms with Crippen LogP contribution in [-0.2, 0) is 30.5 Å².